The molecule has 3 aromatic rings. The van der Waals surface area contributed by atoms with E-state index in [0.29, 0.717) is 22.1 Å². The van der Waals surface area contributed by atoms with Gasteiger partial charge in [-0.15, -0.1) is 11.3 Å². The highest BCUT2D eigenvalue weighted by Crippen LogP contribution is 2.27. The van der Waals surface area contributed by atoms with Gasteiger partial charge < -0.3 is 10.1 Å². The Kier molecular flexibility index (Phi) is 6.46. The molecule has 1 unspecified atom stereocenters. The molecule has 0 saturated carbocycles. The summed E-state index contributed by atoms with van der Waals surface area (Å²) in [6.45, 7) is 1.63. The van der Waals surface area contributed by atoms with Crippen LogP contribution in [0.3, 0.4) is 0 Å². The maximum atomic E-state index is 12.6. The van der Waals surface area contributed by atoms with Crippen LogP contribution in [-0.2, 0) is 14.8 Å². The minimum atomic E-state index is -3.60. The fraction of sp³-hybridized carbons (Fsp3) is 0.150. The number of hydrogen-bond acceptors (Lipinski definition) is 5. The summed E-state index contributed by atoms with van der Waals surface area (Å²) in [5.41, 5.74) is 1.07. The number of rotatable bonds is 7. The van der Waals surface area contributed by atoms with Crippen molar-refractivity contribution in [3.63, 3.8) is 0 Å². The summed E-state index contributed by atoms with van der Waals surface area (Å²) in [5, 5.41) is 4.97. The van der Waals surface area contributed by atoms with Crippen molar-refractivity contribution in [1.82, 2.24) is 0 Å². The van der Waals surface area contributed by atoms with Crippen molar-refractivity contribution in [3.05, 3.63) is 71.1 Å². The fourth-order valence-corrected chi connectivity index (χ4v) is 5.03. The number of carbonyl (C=O) groups is 1. The first-order valence-electron chi connectivity index (χ1n) is 8.63. The second-order valence-corrected chi connectivity index (χ2v) is 9.74. The SMILES string of the molecule is CC(Oc1ccc(N(C)S(=O)(=O)c2cccs2)cc1)C(=O)Nc1cccc(Cl)c1. The molecule has 0 bridgehead atoms. The van der Waals surface area contributed by atoms with E-state index in [4.69, 9.17) is 16.3 Å². The fourth-order valence-electron chi connectivity index (χ4n) is 2.49. The van der Waals surface area contributed by atoms with Crippen molar-refractivity contribution in [2.45, 2.75) is 17.2 Å². The molecule has 3 rings (SSSR count). The van der Waals surface area contributed by atoms with Crippen molar-refractivity contribution >= 4 is 50.2 Å². The van der Waals surface area contributed by atoms with E-state index in [1.165, 1.54) is 11.4 Å². The summed E-state index contributed by atoms with van der Waals surface area (Å²) < 4.78 is 32.3. The molecule has 1 atom stereocenters. The van der Waals surface area contributed by atoms with Crippen molar-refractivity contribution in [2.75, 3.05) is 16.7 Å². The van der Waals surface area contributed by atoms with Gasteiger partial charge in [0, 0.05) is 17.8 Å². The first-order chi connectivity index (χ1) is 13.8. The van der Waals surface area contributed by atoms with Crippen molar-refractivity contribution in [1.29, 1.82) is 0 Å². The standard InChI is InChI=1S/C20H19ClN2O4S2/c1-14(20(24)22-16-6-3-5-15(21)13-16)27-18-10-8-17(9-11-18)23(2)29(25,26)19-7-4-12-28-19/h3-14H,1-2H3,(H,22,24). The Morgan fingerprint density at radius 1 is 1.14 bits per heavy atom. The third kappa shape index (κ3) is 5.09. The number of anilines is 2. The molecule has 9 heteroatoms. The summed E-state index contributed by atoms with van der Waals surface area (Å²) in [6, 6.07) is 16.6. The van der Waals surface area contributed by atoms with Crippen LogP contribution >= 0.6 is 22.9 Å². The van der Waals surface area contributed by atoms with Gasteiger partial charge in [0.2, 0.25) is 0 Å². The van der Waals surface area contributed by atoms with Gasteiger partial charge in [-0.1, -0.05) is 23.7 Å². The number of nitrogens with one attached hydrogen (secondary N) is 1. The third-order valence-electron chi connectivity index (χ3n) is 4.08. The van der Waals surface area contributed by atoms with Gasteiger partial charge in [0.15, 0.2) is 6.10 Å². The molecule has 0 aliphatic heterocycles. The highest BCUT2D eigenvalue weighted by atomic mass is 35.5. The van der Waals surface area contributed by atoms with Gasteiger partial charge in [-0.2, -0.15) is 0 Å². The number of amides is 1. The minimum absolute atomic E-state index is 0.270. The number of thiophene rings is 1. The molecule has 0 fully saturated rings. The molecular weight excluding hydrogens is 432 g/mol. The maximum absolute atomic E-state index is 12.6. The number of nitrogens with zero attached hydrogens (tertiary/aromatic N) is 1. The molecule has 0 spiro atoms. The molecule has 1 aromatic heterocycles. The molecule has 0 aliphatic rings. The van der Waals surface area contributed by atoms with Gasteiger partial charge >= 0.3 is 0 Å². The van der Waals surface area contributed by atoms with E-state index in [1.807, 2.05) is 0 Å². The van der Waals surface area contributed by atoms with Gasteiger partial charge in [0.1, 0.15) is 9.96 Å². The van der Waals surface area contributed by atoms with Crippen LogP contribution in [0.1, 0.15) is 6.92 Å². The Morgan fingerprint density at radius 2 is 1.86 bits per heavy atom. The summed E-state index contributed by atoms with van der Waals surface area (Å²) in [4.78, 5) is 12.3. The average Bonchev–Trinajstić information content (AvgIpc) is 3.23. The van der Waals surface area contributed by atoms with E-state index < -0.39 is 16.1 Å². The van der Waals surface area contributed by atoms with E-state index in [9.17, 15) is 13.2 Å². The Hall–Kier alpha value is -2.55. The molecule has 29 heavy (non-hydrogen) atoms. The lowest BCUT2D eigenvalue weighted by Gasteiger charge is -2.19. The Morgan fingerprint density at radius 3 is 2.48 bits per heavy atom. The molecule has 6 nitrogen and oxygen atoms in total. The van der Waals surface area contributed by atoms with Crippen LogP contribution < -0.4 is 14.4 Å². The number of carbonyl (C=O) groups excluding carboxylic acids is 1. The average molecular weight is 451 g/mol. The quantitative estimate of drug-likeness (QED) is 0.569. The van der Waals surface area contributed by atoms with Crippen LogP contribution in [0.15, 0.2) is 70.3 Å². The number of sulfonamides is 1. The van der Waals surface area contributed by atoms with Crippen LogP contribution in [-0.4, -0.2) is 27.5 Å². The second-order valence-electron chi connectivity index (χ2n) is 6.16. The molecule has 1 heterocycles. The zero-order chi connectivity index (χ0) is 21.0. The summed E-state index contributed by atoms with van der Waals surface area (Å²) in [6.07, 6.45) is -0.757. The van der Waals surface area contributed by atoms with E-state index in [0.717, 1.165) is 11.3 Å². The van der Waals surface area contributed by atoms with E-state index in [2.05, 4.69) is 5.32 Å². The zero-order valence-corrected chi connectivity index (χ0v) is 18.1. The van der Waals surface area contributed by atoms with Crippen LogP contribution in [0.5, 0.6) is 5.75 Å². The molecule has 2 aromatic carbocycles. The van der Waals surface area contributed by atoms with Crippen LogP contribution in [0, 0.1) is 0 Å². The van der Waals surface area contributed by atoms with Crippen molar-refractivity contribution in [3.8, 4) is 5.75 Å². The molecule has 0 radical (unpaired) electrons. The zero-order valence-electron chi connectivity index (χ0n) is 15.7. The summed E-state index contributed by atoms with van der Waals surface area (Å²) >= 11 is 7.08. The maximum Gasteiger partial charge on any atom is 0.273 e. The lowest BCUT2D eigenvalue weighted by molar-refractivity contribution is -0.122. The van der Waals surface area contributed by atoms with Crippen LogP contribution in [0.25, 0.3) is 0 Å². The van der Waals surface area contributed by atoms with Gasteiger partial charge in [-0.05, 0) is 60.8 Å². The minimum Gasteiger partial charge on any atom is -0.481 e. The molecule has 152 valence electrons. The first kappa shape index (κ1) is 21.2. The van der Waals surface area contributed by atoms with Crippen molar-refractivity contribution < 1.29 is 17.9 Å². The number of halogens is 1. The molecule has 0 aliphatic carbocycles. The molecule has 0 saturated heterocycles. The highest BCUT2D eigenvalue weighted by Gasteiger charge is 2.22. The predicted molar refractivity (Wildman–Crippen MR) is 117 cm³/mol. The second kappa shape index (κ2) is 8.86. The number of benzene rings is 2. The van der Waals surface area contributed by atoms with Gasteiger partial charge in [0.25, 0.3) is 15.9 Å². The molecule has 1 amide bonds. The predicted octanol–water partition coefficient (Wildman–Crippen LogP) is 4.63. The number of hydrogen-bond donors (Lipinski definition) is 1. The molecule has 1 N–H and O–H groups in total. The first-order valence-corrected chi connectivity index (χ1v) is 11.3. The third-order valence-corrected chi connectivity index (χ3v) is 7.48. The normalized spacial score (nSPS) is 12.2. The van der Waals surface area contributed by atoms with E-state index in [-0.39, 0.29) is 10.1 Å². The van der Waals surface area contributed by atoms with Gasteiger partial charge in [-0.25, -0.2) is 8.42 Å². The Bertz CT molecular complexity index is 1080. The monoisotopic (exact) mass is 450 g/mol. The summed E-state index contributed by atoms with van der Waals surface area (Å²) in [5.74, 6) is 0.123. The lowest BCUT2D eigenvalue weighted by atomic mass is 10.3. The topological polar surface area (TPSA) is 75.7 Å². The van der Waals surface area contributed by atoms with Gasteiger partial charge in [0.05, 0.1) is 5.69 Å². The smallest absolute Gasteiger partial charge is 0.273 e. The van der Waals surface area contributed by atoms with Gasteiger partial charge in [-0.3, -0.25) is 9.10 Å². The van der Waals surface area contributed by atoms with Crippen LogP contribution in [0.2, 0.25) is 5.02 Å². The van der Waals surface area contributed by atoms with E-state index in [1.54, 1.807) is 73.0 Å². The Balaban J connectivity index is 1.65. The lowest BCUT2D eigenvalue weighted by Crippen LogP contribution is -2.30. The van der Waals surface area contributed by atoms with Crippen LogP contribution in [0.4, 0.5) is 11.4 Å². The largest absolute Gasteiger partial charge is 0.481 e. The Labute approximate surface area is 178 Å². The highest BCUT2D eigenvalue weighted by molar-refractivity contribution is 7.94. The number of ether oxygens (including phenoxy) is 1. The van der Waals surface area contributed by atoms with E-state index >= 15 is 0 Å². The molecular formula is C20H19ClN2O4S2. The van der Waals surface area contributed by atoms with Crippen molar-refractivity contribution in [2.24, 2.45) is 0 Å². The summed E-state index contributed by atoms with van der Waals surface area (Å²) in [7, 11) is -2.11.